The van der Waals surface area contributed by atoms with Crippen LogP contribution < -0.4 is 0 Å². The van der Waals surface area contributed by atoms with Crippen molar-refractivity contribution in [3.8, 4) is 0 Å². The molecule has 0 fully saturated rings. The molecular weight excluding hydrogens is 409 g/mol. The van der Waals surface area contributed by atoms with Gasteiger partial charge in [-0.1, -0.05) is 89.7 Å². The van der Waals surface area contributed by atoms with Gasteiger partial charge in [0.15, 0.2) is 0 Å². The van der Waals surface area contributed by atoms with Gasteiger partial charge in [-0.15, -0.1) is 0 Å². The average molecular weight is 463 g/mol. The average Bonchev–Trinajstić information content (AvgIpc) is 2.65. The first-order valence-electron chi connectivity index (χ1n) is 12.8. The molecule has 0 spiro atoms. The maximum Gasteiger partial charge on any atom is 0.362 e. The van der Waals surface area contributed by atoms with Crippen molar-refractivity contribution in [1.29, 1.82) is 0 Å². The van der Waals surface area contributed by atoms with Crippen LogP contribution in [0.2, 0.25) is 0 Å². The molecule has 5 nitrogen and oxygen atoms in total. The number of unbranched alkanes of at least 4 members (excludes halogenated alkanes) is 14. The Morgan fingerprint density at radius 2 is 1.10 bits per heavy atom. The number of rotatable bonds is 21. The number of allylic oxidation sites excluding steroid dienone is 2. The molecule has 6 heteroatoms. The molecular formula is C25H53NO4P+. The molecule has 0 aromatic carbocycles. The van der Waals surface area contributed by atoms with Crippen molar-refractivity contribution in [1.82, 2.24) is 0 Å². The van der Waals surface area contributed by atoms with E-state index < -0.39 is 12.9 Å². The molecule has 0 radical (unpaired) electrons. The Bertz CT molecular complexity index is 498. The Morgan fingerprint density at radius 1 is 0.710 bits per heavy atom. The molecule has 0 aliphatic heterocycles. The van der Waals surface area contributed by atoms with Gasteiger partial charge in [0.1, 0.15) is 6.54 Å². The molecule has 1 unspecified atom stereocenters. The second kappa shape index (κ2) is 17.3. The lowest BCUT2D eigenvalue weighted by Gasteiger charge is -2.35. The predicted octanol–water partition coefficient (Wildman–Crippen LogP) is 6.77. The van der Waals surface area contributed by atoms with Crippen LogP contribution in [0.4, 0.5) is 0 Å². The van der Waals surface area contributed by atoms with Gasteiger partial charge < -0.3 is 19.4 Å². The quantitative estimate of drug-likeness (QED) is 0.0761. The zero-order valence-corrected chi connectivity index (χ0v) is 21.9. The summed E-state index contributed by atoms with van der Waals surface area (Å²) in [5, 5.41) is 8.62. The molecule has 0 aromatic rings. The van der Waals surface area contributed by atoms with E-state index in [1.807, 2.05) is 21.1 Å². The van der Waals surface area contributed by atoms with Gasteiger partial charge in [-0.3, -0.25) is 4.57 Å². The highest BCUT2D eigenvalue weighted by atomic mass is 31.2. The summed E-state index contributed by atoms with van der Waals surface area (Å²) in [5.74, 6) is 0. The van der Waals surface area contributed by atoms with Gasteiger partial charge >= 0.3 is 7.60 Å². The molecule has 0 heterocycles. The molecule has 0 amide bonds. The summed E-state index contributed by atoms with van der Waals surface area (Å²) in [6, 6.07) is 0. The molecule has 0 saturated heterocycles. The van der Waals surface area contributed by atoms with Crippen molar-refractivity contribution in [2.45, 2.75) is 121 Å². The van der Waals surface area contributed by atoms with Gasteiger partial charge in [-0.05, 0) is 38.5 Å². The minimum Gasteiger partial charge on any atom is -0.373 e. The Hall–Kier alpha value is -0.190. The smallest absolute Gasteiger partial charge is 0.362 e. The lowest BCUT2D eigenvalue weighted by molar-refractivity contribution is -0.875. The second-order valence-electron chi connectivity index (χ2n) is 10.4. The SMILES string of the molecule is CCCCCCCCCCC/C=C\CCCCCCCC(O)(C[N+](C)(C)C)P(=O)(O)O. The van der Waals surface area contributed by atoms with Gasteiger partial charge in [0, 0.05) is 0 Å². The van der Waals surface area contributed by atoms with Crippen LogP contribution in [0.25, 0.3) is 0 Å². The normalized spacial score (nSPS) is 14.9. The molecule has 0 aliphatic carbocycles. The summed E-state index contributed by atoms with van der Waals surface area (Å²) in [7, 11) is 0.965. The maximum atomic E-state index is 11.8. The standard InChI is InChI=1S/C25H52NO4P/c1-5-6-7-8-9-10-11-12-13-14-15-16-17-18-19-20-21-22-23-25(27,31(28,29)30)24-26(2,3)4/h15-16,27H,5-14,17-24H2,1-4H3,(H-,28,29,30)/p+1/b16-15-. The monoisotopic (exact) mass is 462 g/mol. The Balaban J connectivity index is 3.65. The maximum absolute atomic E-state index is 11.8. The van der Waals surface area contributed by atoms with Crippen molar-refractivity contribution in [2.24, 2.45) is 0 Å². The number of aliphatic hydroxyl groups is 1. The van der Waals surface area contributed by atoms with E-state index in [4.69, 9.17) is 0 Å². The van der Waals surface area contributed by atoms with Gasteiger partial charge in [-0.2, -0.15) is 0 Å². The topological polar surface area (TPSA) is 77.8 Å². The fraction of sp³-hybridized carbons (Fsp3) is 0.920. The van der Waals surface area contributed by atoms with Gasteiger partial charge in [0.25, 0.3) is 0 Å². The molecule has 3 N–H and O–H groups in total. The summed E-state index contributed by atoms with van der Waals surface area (Å²) in [6.45, 7) is 2.32. The Kier molecular flexibility index (Phi) is 17.2. The molecule has 0 aromatic heterocycles. The number of likely N-dealkylation sites (N-methyl/N-ethyl adjacent to an activating group) is 1. The summed E-state index contributed by atoms with van der Waals surface area (Å²) in [6.07, 6.45) is 24.4. The minimum atomic E-state index is -4.55. The molecule has 1 atom stereocenters. The van der Waals surface area contributed by atoms with Crippen LogP contribution in [0.1, 0.15) is 116 Å². The number of nitrogens with zero attached hydrogens (tertiary/aromatic N) is 1. The van der Waals surface area contributed by atoms with Crippen LogP contribution in [0.15, 0.2) is 12.2 Å². The predicted molar refractivity (Wildman–Crippen MR) is 133 cm³/mol. The fourth-order valence-corrected chi connectivity index (χ4v) is 5.14. The third-order valence-corrected chi connectivity index (χ3v) is 7.31. The van der Waals surface area contributed by atoms with E-state index in [0.717, 1.165) is 32.1 Å². The summed E-state index contributed by atoms with van der Waals surface area (Å²) in [5.41, 5.74) is 0. The van der Waals surface area contributed by atoms with Crippen molar-refractivity contribution in [2.75, 3.05) is 27.7 Å². The Labute approximate surface area is 193 Å². The van der Waals surface area contributed by atoms with Gasteiger partial charge in [0.05, 0.1) is 21.1 Å². The van der Waals surface area contributed by atoms with E-state index in [1.54, 1.807) is 0 Å². The van der Waals surface area contributed by atoms with E-state index in [0.29, 0.717) is 10.9 Å². The van der Waals surface area contributed by atoms with Crippen molar-refractivity contribution >= 4 is 7.60 Å². The number of hydrogen-bond donors (Lipinski definition) is 3. The number of quaternary nitrogens is 1. The lowest BCUT2D eigenvalue weighted by atomic mass is 10.1. The van der Waals surface area contributed by atoms with Crippen LogP contribution in [0.5, 0.6) is 0 Å². The van der Waals surface area contributed by atoms with Crippen LogP contribution >= 0.6 is 7.60 Å². The first kappa shape index (κ1) is 30.8. The van der Waals surface area contributed by atoms with E-state index >= 15 is 0 Å². The zero-order chi connectivity index (χ0) is 23.6. The Morgan fingerprint density at radius 3 is 1.48 bits per heavy atom. The molecule has 0 saturated carbocycles. The first-order valence-corrected chi connectivity index (χ1v) is 14.4. The van der Waals surface area contributed by atoms with Gasteiger partial charge in [-0.25, -0.2) is 0 Å². The minimum absolute atomic E-state index is 0.0566. The van der Waals surface area contributed by atoms with Crippen molar-refractivity contribution in [3.05, 3.63) is 12.2 Å². The van der Waals surface area contributed by atoms with Crippen molar-refractivity contribution < 1.29 is 23.9 Å². The van der Waals surface area contributed by atoms with E-state index in [9.17, 15) is 19.5 Å². The summed E-state index contributed by atoms with van der Waals surface area (Å²) >= 11 is 0. The van der Waals surface area contributed by atoms with E-state index in [-0.39, 0.29) is 13.0 Å². The zero-order valence-electron chi connectivity index (χ0n) is 21.0. The van der Waals surface area contributed by atoms with Crippen LogP contribution in [-0.4, -0.2) is 52.4 Å². The molecule has 186 valence electrons. The first-order chi connectivity index (χ1) is 14.5. The molecule has 31 heavy (non-hydrogen) atoms. The highest BCUT2D eigenvalue weighted by molar-refractivity contribution is 7.53. The molecule has 0 aliphatic rings. The van der Waals surface area contributed by atoms with Crippen LogP contribution in [-0.2, 0) is 4.57 Å². The third-order valence-electron chi connectivity index (χ3n) is 5.86. The summed E-state index contributed by atoms with van der Waals surface area (Å²) < 4.78 is 12.1. The van der Waals surface area contributed by atoms with E-state index in [1.165, 1.54) is 64.2 Å². The molecule has 0 rings (SSSR count). The summed E-state index contributed by atoms with van der Waals surface area (Å²) in [4.78, 5) is 19.2. The fourth-order valence-electron chi connectivity index (χ4n) is 4.09. The van der Waals surface area contributed by atoms with E-state index in [2.05, 4.69) is 19.1 Å². The number of hydrogen-bond acceptors (Lipinski definition) is 2. The van der Waals surface area contributed by atoms with Gasteiger partial charge in [0.2, 0.25) is 5.34 Å². The largest absolute Gasteiger partial charge is 0.373 e. The second-order valence-corrected chi connectivity index (χ2v) is 12.3. The highest BCUT2D eigenvalue weighted by Gasteiger charge is 2.48. The lowest BCUT2D eigenvalue weighted by Crippen LogP contribution is -2.49. The molecule has 0 bridgehead atoms. The van der Waals surface area contributed by atoms with Crippen LogP contribution in [0, 0.1) is 0 Å². The highest BCUT2D eigenvalue weighted by Crippen LogP contribution is 2.52. The third kappa shape index (κ3) is 18.0. The van der Waals surface area contributed by atoms with Crippen molar-refractivity contribution in [3.63, 3.8) is 0 Å². The van der Waals surface area contributed by atoms with Crippen LogP contribution in [0.3, 0.4) is 0 Å².